The number of hydrogen-bond donors (Lipinski definition) is 0. The Morgan fingerprint density at radius 1 is 0.793 bits per heavy atom. The van der Waals surface area contributed by atoms with Crippen LogP contribution in [-0.2, 0) is 10.0 Å². The van der Waals surface area contributed by atoms with Gasteiger partial charge >= 0.3 is 0 Å². The van der Waals surface area contributed by atoms with Crippen LogP contribution in [0.4, 0.5) is 5.82 Å². The fraction of sp³-hybridized carbons (Fsp3) is 0.542. The van der Waals surface area contributed by atoms with Gasteiger partial charge in [0.25, 0.3) is 10.0 Å². The highest BCUT2D eigenvalue weighted by Crippen LogP contribution is 2.25. The van der Waals surface area contributed by atoms with Crippen molar-refractivity contribution in [3.05, 3.63) is 54.2 Å². The SMILES string of the molecule is CCCCCCCCCCCCN(c1ncccc1C)S(=O)(=O)c1ccccc1. The molecule has 0 aliphatic carbocycles. The Labute approximate surface area is 177 Å². The molecule has 1 heterocycles. The molecule has 160 valence electrons. The summed E-state index contributed by atoms with van der Waals surface area (Å²) in [5.41, 5.74) is 0.874. The maximum atomic E-state index is 13.3. The van der Waals surface area contributed by atoms with E-state index in [1.807, 2.05) is 25.1 Å². The molecule has 29 heavy (non-hydrogen) atoms. The lowest BCUT2D eigenvalue weighted by atomic mass is 10.1. The van der Waals surface area contributed by atoms with Crippen molar-refractivity contribution in [2.75, 3.05) is 10.8 Å². The van der Waals surface area contributed by atoms with Crippen molar-refractivity contribution in [2.45, 2.75) is 83.0 Å². The Balaban J connectivity index is 1.92. The summed E-state index contributed by atoms with van der Waals surface area (Å²) in [5, 5.41) is 0. The average molecular weight is 417 g/mol. The van der Waals surface area contributed by atoms with Gasteiger partial charge in [-0.2, -0.15) is 0 Å². The fourth-order valence-electron chi connectivity index (χ4n) is 3.54. The molecule has 0 aliphatic heterocycles. The van der Waals surface area contributed by atoms with Crippen LogP contribution in [0.1, 0.15) is 76.7 Å². The van der Waals surface area contributed by atoms with Gasteiger partial charge in [0.2, 0.25) is 0 Å². The molecule has 1 aromatic heterocycles. The van der Waals surface area contributed by atoms with E-state index in [4.69, 9.17) is 0 Å². The molecule has 1 aromatic carbocycles. The van der Waals surface area contributed by atoms with E-state index in [-0.39, 0.29) is 0 Å². The predicted octanol–water partition coefficient (Wildman–Crippen LogP) is 6.51. The lowest BCUT2D eigenvalue weighted by molar-refractivity contribution is 0.554. The lowest BCUT2D eigenvalue weighted by Gasteiger charge is -2.25. The van der Waals surface area contributed by atoms with Crippen LogP contribution in [-0.4, -0.2) is 19.9 Å². The Hall–Kier alpha value is -1.88. The minimum Gasteiger partial charge on any atom is -0.250 e. The van der Waals surface area contributed by atoms with E-state index < -0.39 is 10.0 Å². The zero-order valence-corrected chi connectivity index (χ0v) is 18.8. The second-order valence-electron chi connectivity index (χ2n) is 7.72. The molecule has 4 nitrogen and oxygen atoms in total. The number of hydrogen-bond acceptors (Lipinski definition) is 3. The van der Waals surface area contributed by atoms with Crippen LogP contribution < -0.4 is 4.31 Å². The highest BCUT2D eigenvalue weighted by Gasteiger charge is 2.26. The molecule has 0 radical (unpaired) electrons. The third-order valence-corrected chi connectivity index (χ3v) is 7.07. The van der Waals surface area contributed by atoms with E-state index in [0.29, 0.717) is 17.3 Å². The van der Waals surface area contributed by atoms with E-state index >= 15 is 0 Å². The van der Waals surface area contributed by atoms with Gasteiger partial charge in [0.1, 0.15) is 5.82 Å². The first-order valence-corrected chi connectivity index (χ1v) is 12.5. The molecular formula is C24H36N2O2S. The first-order chi connectivity index (χ1) is 14.1. The Morgan fingerprint density at radius 2 is 1.38 bits per heavy atom. The predicted molar refractivity (Wildman–Crippen MR) is 122 cm³/mol. The summed E-state index contributed by atoms with van der Waals surface area (Å²) in [6, 6.07) is 12.4. The van der Waals surface area contributed by atoms with Crippen molar-refractivity contribution >= 4 is 15.8 Å². The largest absolute Gasteiger partial charge is 0.265 e. The first-order valence-electron chi connectivity index (χ1n) is 11.1. The highest BCUT2D eigenvalue weighted by atomic mass is 32.2. The molecule has 2 aromatic rings. The number of sulfonamides is 1. The van der Waals surface area contributed by atoms with Gasteiger partial charge in [0, 0.05) is 12.7 Å². The maximum absolute atomic E-state index is 13.3. The summed E-state index contributed by atoms with van der Waals surface area (Å²) in [7, 11) is -3.62. The maximum Gasteiger partial charge on any atom is 0.265 e. The number of aryl methyl sites for hydroxylation is 1. The molecule has 0 amide bonds. The summed E-state index contributed by atoms with van der Waals surface area (Å²) in [4.78, 5) is 4.70. The molecule has 0 saturated heterocycles. The molecule has 0 spiro atoms. The van der Waals surface area contributed by atoms with E-state index in [2.05, 4.69) is 11.9 Å². The average Bonchev–Trinajstić information content (AvgIpc) is 2.73. The summed E-state index contributed by atoms with van der Waals surface area (Å²) in [5.74, 6) is 0.535. The number of rotatable bonds is 14. The van der Waals surface area contributed by atoms with Crippen LogP contribution in [0.5, 0.6) is 0 Å². The van der Waals surface area contributed by atoms with Crippen molar-refractivity contribution in [1.29, 1.82) is 0 Å². The van der Waals surface area contributed by atoms with Gasteiger partial charge in [-0.3, -0.25) is 0 Å². The van der Waals surface area contributed by atoms with E-state index in [1.165, 1.54) is 49.3 Å². The standard InChI is InChI=1S/C24H36N2O2S/c1-3-4-5-6-7-8-9-10-11-15-21-26(24-22(2)17-16-20-25-24)29(27,28)23-18-13-12-14-19-23/h12-14,16-20H,3-11,15,21H2,1-2H3. The van der Waals surface area contributed by atoms with Gasteiger partial charge in [-0.25, -0.2) is 17.7 Å². The van der Waals surface area contributed by atoms with E-state index in [1.54, 1.807) is 30.5 Å². The number of benzene rings is 1. The van der Waals surface area contributed by atoms with Crippen LogP contribution in [0.3, 0.4) is 0 Å². The summed E-state index contributed by atoms with van der Waals surface area (Å²) >= 11 is 0. The third-order valence-electron chi connectivity index (χ3n) is 5.26. The third kappa shape index (κ3) is 7.46. The Bertz CT molecular complexity index is 807. The van der Waals surface area contributed by atoms with Crippen molar-refractivity contribution in [3.8, 4) is 0 Å². The Morgan fingerprint density at radius 3 is 1.97 bits per heavy atom. The van der Waals surface area contributed by atoms with Crippen molar-refractivity contribution in [2.24, 2.45) is 0 Å². The minimum absolute atomic E-state index is 0.317. The summed E-state index contributed by atoms with van der Waals surface area (Å²) < 4.78 is 28.0. The van der Waals surface area contributed by atoms with Crippen molar-refractivity contribution < 1.29 is 8.42 Å². The number of nitrogens with zero attached hydrogens (tertiary/aromatic N) is 2. The highest BCUT2D eigenvalue weighted by molar-refractivity contribution is 7.92. The topological polar surface area (TPSA) is 50.3 Å². The second-order valence-corrected chi connectivity index (χ2v) is 9.58. The molecule has 0 aliphatic rings. The second kappa shape index (κ2) is 12.6. The Kier molecular flexibility index (Phi) is 10.2. The fourth-order valence-corrected chi connectivity index (χ4v) is 5.08. The normalized spacial score (nSPS) is 11.5. The van der Waals surface area contributed by atoms with Gasteiger partial charge < -0.3 is 0 Å². The van der Waals surface area contributed by atoms with E-state index in [9.17, 15) is 8.42 Å². The monoisotopic (exact) mass is 416 g/mol. The zero-order chi connectivity index (χ0) is 21.0. The van der Waals surface area contributed by atoms with E-state index in [0.717, 1.165) is 24.8 Å². The smallest absolute Gasteiger partial charge is 0.250 e. The van der Waals surface area contributed by atoms with Crippen molar-refractivity contribution in [3.63, 3.8) is 0 Å². The van der Waals surface area contributed by atoms with Gasteiger partial charge in [-0.05, 0) is 37.1 Å². The molecule has 0 N–H and O–H groups in total. The summed E-state index contributed by atoms with van der Waals surface area (Å²) in [6.45, 7) is 4.62. The van der Waals surface area contributed by atoms with Crippen LogP contribution in [0.25, 0.3) is 0 Å². The minimum atomic E-state index is -3.62. The summed E-state index contributed by atoms with van der Waals surface area (Å²) in [6.07, 6.45) is 13.9. The molecule has 0 saturated carbocycles. The van der Waals surface area contributed by atoms with Gasteiger partial charge in [0.05, 0.1) is 4.90 Å². The van der Waals surface area contributed by atoms with Crippen LogP contribution in [0.15, 0.2) is 53.6 Å². The number of aromatic nitrogens is 1. The van der Waals surface area contributed by atoms with Gasteiger partial charge in [0.15, 0.2) is 0 Å². The molecule has 0 bridgehead atoms. The quantitative estimate of drug-likeness (QED) is 0.330. The number of unbranched alkanes of at least 4 members (excludes halogenated alkanes) is 9. The molecular weight excluding hydrogens is 380 g/mol. The van der Waals surface area contributed by atoms with Crippen LogP contribution in [0, 0.1) is 6.92 Å². The number of anilines is 1. The van der Waals surface area contributed by atoms with Crippen LogP contribution >= 0.6 is 0 Å². The molecule has 0 fully saturated rings. The van der Waals surface area contributed by atoms with Gasteiger partial charge in [-0.1, -0.05) is 89.0 Å². The molecule has 0 unspecified atom stereocenters. The zero-order valence-electron chi connectivity index (χ0n) is 18.0. The molecule has 0 atom stereocenters. The van der Waals surface area contributed by atoms with Gasteiger partial charge in [-0.15, -0.1) is 0 Å². The lowest BCUT2D eigenvalue weighted by Crippen LogP contribution is -2.33. The molecule has 2 rings (SSSR count). The van der Waals surface area contributed by atoms with Crippen LogP contribution in [0.2, 0.25) is 0 Å². The first kappa shape index (κ1) is 23.4. The number of pyridine rings is 1. The molecule has 5 heteroatoms. The van der Waals surface area contributed by atoms with Crippen molar-refractivity contribution in [1.82, 2.24) is 4.98 Å².